The summed E-state index contributed by atoms with van der Waals surface area (Å²) in [7, 11) is 0. The maximum atomic E-state index is 11.5. The molecule has 15 heavy (non-hydrogen) atoms. The van der Waals surface area contributed by atoms with Crippen LogP contribution in [0.1, 0.15) is 16.2 Å². The molecule has 0 aliphatic heterocycles. The molecule has 5 heteroatoms. The molecule has 1 aromatic carbocycles. The Labute approximate surface area is 96.0 Å². The van der Waals surface area contributed by atoms with Gasteiger partial charge in [-0.3, -0.25) is 4.79 Å². The Kier molecular flexibility index (Phi) is 2.67. The number of hydrogen-bond donors (Lipinski definition) is 0. The molecule has 0 N–H and O–H groups in total. The number of carbonyl (C=O) groups excluding carboxylic acids is 1. The van der Waals surface area contributed by atoms with E-state index in [1.807, 2.05) is 0 Å². The molecule has 0 bridgehead atoms. The fourth-order valence-corrected chi connectivity index (χ4v) is 1.57. The molecule has 0 atom stereocenters. The third kappa shape index (κ3) is 1.98. The number of rotatable bonds is 2. The fraction of sp³-hybridized carbons (Fsp3) is 0.200. The third-order valence-electron chi connectivity index (χ3n) is 1.98. The zero-order valence-electron chi connectivity index (χ0n) is 7.83. The van der Waals surface area contributed by atoms with Gasteiger partial charge >= 0.3 is 0 Å². The highest BCUT2D eigenvalue weighted by Crippen LogP contribution is 2.19. The smallest absolute Gasteiger partial charge is 0.195 e. The van der Waals surface area contributed by atoms with Crippen LogP contribution in [0.15, 0.2) is 22.6 Å². The maximum absolute atomic E-state index is 11.5. The predicted molar refractivity (Wildman–Crippen MR) is 58.6 cm³/mol. The lowest BCUT2D eigenvalue weighted by atomic mass is 10.1. The van der Waals surface area contributed by atoms with Crippen LogP contribution in [0, 0.1) is 6.92 Å². The number of alkyl halides is 2. The van der Waals surface area contributed by atoms with E-state index in [0.29, 0.717) is 22.6 Å². The van der Waals surface area contributed by atoms with E-state index in [4.69, 9.17) is 27.6 Å². The number of Topliss-reactive ketones (excluding diaryl/α,β-unsaturated/α-hetero) is 1. The lowest BCUT2D eigenvalue weighted by Gasteiger charge is -1.99. The summed E-state index contributed by atoms with van der Waals surface area (Å²) in [4.78, 5) is 14.5. The largest absolute Gasteiger partial charge is 0.441 e. The fourth-order valence-electron chi connectivity index (χ4n) is 1.32. The van der Waals surface area contributed by atoms with E-state index in [1.165, 1.54) is 0 Å². The predicted octanol–water partition coefficient (Wildman–Crippen LogP) is 3.12. The van der Waals surface area contributed by atoms with Crippen LogP contribution in [0.3, 0.4) is 0 Å². The van der Waals surface area contributed by atoms with E-state index in [2.05, 4.69) is 4.98 Å². The van der Waals surface area contributed by atoms with E-state index in [-0.39, 0.29) is 5.78 Å². The molecule has 0 unspecified atom stereocenters. The summed E-state index contributed by atoms with van der Waals surface area (Å²) in [5.41, 5.74) is 1.71. The van der Waals surface area contributed by atoms with Crippen molar-refractivity contribution in [1.29, 1.82) is 0 Å². The summed E-state index contributed by atoms with van der Waals surface area (Å²) in [5.74, 6) is 0.226. The van der Waals surface area contributed by atoms with Crippen molar-refractivity contribution in [2.24, 2.45) is 0 Å². The molecule has 2 aromatic rings. The van der Waals surface area contributed by atoms with E-state index in [0.717, 1.165) is 0 Å². The summed E-state index contributed by atoms with van der Waals surface area (Å²) in [6.07, 6.45) is 0. The topological polar surface area (TPSA) is 43.1 Å². The monoisotopic (exact) mass is 243 g/mol. The second kappa shape index (κ2) is 3.83. The van der Waals surface area contributed by atoms with E-state index < -0.39 is 4.84 Å². The number of ketones is 1. The van der Waals surface area contributed by atoms with Crippen molar-refractivity contribution in [3.05, 3.63) is 29.7 Å². The van der Waals surface area contributed by atoms with Gasteiger partial charge in [0.2, 0.25) is 0 Å². The Morgan fingerprint density at radius 3 is 2.87 bits per heavy atom. The number of aryl methyl sites for hydroxylation is 1. The van der Waals surface area contributed by atoms with Gasteiger partial charge in [-0.25, -0.2) is 4.98 Å². The average Bonchev–Trinajstić information content (AvgIpc) is 2.55. The normalized spacial score (nSPS) is 11.2. The minimum Gasteiger partial charge on any atom is -0.441 e. The number of benzene rings is 1. The molecule has 0 spiro atoms. The van der Waals surface area contributed by atoms with Crippen molar-refractivity contribution in [3.8, 4) is 0 Å². The highest BCUT2D eigenvalue weighted by molar-refractivity contribution is 6.55. The van der Waals surface area contributed by atoms with Crippen molar-refractivity contribution in [3.63, 3.8) is 0 Å². The van der Waals surface area contributed by atoms with Gasteiger partial charge in [-0.05, 0) is 18.2 Å². The Hall–Kier alpha value is -1.06. The highest BCUT2D eigenvalue weighted by Gasteiger charge is 2.15. The quantitative estimate of drug-likeness (QED) is 0.602. The van der Waals surface area contributed by atoms with Crippen LogP contribution in [0.4, 0.5) is 0 Å². The maximum Gasteiger partial charge on any atom is 0.195 e. The third-order valence-corrected chi connectivity index (χ3v) is 2.37. The van der Waals surface area contributed by atoms with Gasteiger partial charge in [0.15, 0.2) is 22.1 Å². The van der Waals surface area contributed by atoms with Crippen molar-refractivity contribution in [2.75, 3.05) is 0 Å². The first kappa shape index (κ1) is 10.5. The number of nitrogens with zero attached hydrogens (tertiary/aromatic N) is 1. The van der Waals surface area contributed by atoms with Crippen LogP contribution in [-0.4, -0.2) is 15.6 Å². The Bertz CT molecular complexity index is 519. The molecule has 0 saturated carbocycles. The first-order valence-corrected chi connectivity index (χ1v) is 5.15. The lowest BCUT2D eigenvalue weighted by Crippen LogP contribution is -2.07. The molecule has 0 amide bonds. The van der Waals surface area contributed by atoms with Crippen LogP contribution in [0.25, 0.3) is 11.1 Å². The van der Waals surface area contributed by atoms with Gasteiger partial charge in [0.25, 0.3) is 0 Å². The molecule has 1 heterocycles. The van der Waals surface area contributed by atoms with Crippen molar-refractivity contribution in [1.82, 2.24) is 4.98 Å². The standard InChI is InChI=1S/C10H7Cl2NO2/c1-5-13-7-4-6(9(14)10(11)12)2-3-8(7)15-5/h2-4,10H,1H3. The van der Waals surface area contributed by atoms with E-state index in [9.17, 15) is 4.79 Å². The number of aromatic nitrogens is 1. The summed E-state index contributed by atoms with van der Waals surface area (Å²) in [5, 5.41) is 0. The molecule has 0 radical (unpaired) electrons. The van der Waals surface area contributed by atoms with Crippen LogP contribution in [-0.2, 0) is 0 Å². The second-order valence-electron chi connectivity index (χ2n) is 3.08. The van der Waals surface area contributed by atoms with Gasteiger partial charge in [-0.2, -0.15) is 0 Å². The van der Waals surface area contributed by atoms with Gasteiger partial charge in [0.1, 0.15) is 5.52 Å². The van der Waals surface area contributed by atoms with Gasteiger partial charge in [0.05, 0.1) is 0 Å². The molecule has 0 aliphatic carbocycles. The van der Waals surface area contributed by atoms with Crippen molar-refractivity contribution < 1.29 is 9.21 Å². The molecule has 78 valence electrons. The second-order valence-corrected chi connectivity index (χ2v) is 4.18. The number of carbonyl (C=O) groups is 1. The van der Waals surface area contributed by atoms with Crippen LogP contribution in [0.2, 0.25) is 0 Å². The molecule has 0 fully saturated rings. The van der Waals surface area contributed by atoms with Crippen LogP contribution >= 0.6 is 23.2 Å². The van der Waals surface area contributed by atoms with Gasteiger partial charge in [-0.15, -0.1) is 0 Å². The Morgan fingerprint density at radius 2 is 2.20 bits per heavy atom. The van der Waals surface area contributed by atoms with Gasteiger partial charge in [0, 0.05) is 12.5 Å². The molecular weight excluding hydrogens is 237 g/mol. The van der Waals surface area contributed by atoms with Crippen LogP contribution < -0.4 is 0 Å². The van der Waals surface area contributed by atoms with Gasteiger partial charge in [-0.1, -0.05) is 23.2 Å². The number of fused-ring (bicyclic) bond motifs is 1. The molecule has 2 rings (SSSR count). The summed E-state index contributed by atoms with van der Waals surface area (Å²) in [6.45, 7) is 1.74. The molecule has 0 saturated heterocycles. The SMILES string of the molecule is Cc1nc2cc(C(=O)C(Cl)Cl)ccc2o1. The Balaban J connectivity index is 2.51. The lowest BCUT2D eigenvalue weighted by molar-refractivity contribution is 0.101. The number of oxazole rings is 1. The zero-order valence-corrected chi connectivity index (χ0v) is 9.34. The first-order valence-electron chi connectivity index (χ1n) is 4.27. The van der Waals surface area contributed by atoms with Crippen molar-refractivity contribution >= 4 is 40.1 Å². The summed E-state index contributed by atoms with van der Waals surface area (Å²) >= 11 is 11.0. The molecule has 1 aromatic heterocycles. The molecule has 0 aliphatic rings. The highest BCUT2D eigenvalue weighted by atomic mass is 35.5. The minimum absolute atomic E-state index is 0.333. The van der Waals surface area contributed by atoms with Crippen LogP contribution in [0.5, 0.6) is 0 Å². The Morgan fingerprint density at radius 1 is 1.47 bits per heavy atom. The van der Waals surface area contributed by atoms with E-state index >= 15 is 0 Å². The van der Waals surface area contributed by atoms with E-state index in [1.54, 1.807) is 25.1 Å². The number of halogens is 2. The first-order chi connectivity index (χ1) is 7.08. The molecular formula is C10H7Cl2NO2. The van der Waals surface area contributed by atoms with Crippen molar-refractivity contribution in [2.45, 2.75) is 11.8 Å². The number of hydrogen-bond acceptors (Lipinski definition) is 3. The minimum atomic E-state index is -1.05. The summed E-state index contributed by atoms with van der Waals surface area (Å²) in [6, 6.07) is 4.91. The summed E-state index contributed by atoms with van der Waals surface area (Å²) < 4.78 is 5.27. The van der Waals surface area contributed by atoms with Gasteiger partial charge < -0.3 is 4.42 Å². The average molecular weight is 244 g/mol. The molecule has 3 nitrogen and oxygen atoms in total. The zero-order chi connectivity index (χ0) is 11.0.